The lowest BCUT2D eigenvalue weighted by atomic mass is 10.1. The van der Waals surface area contributed by atoms with Crippen LogP contribution in [-0.2, 0) is 13.0 Å². The number of fused-ring (bicyclic) bond motifs is 2. The van der Waals surface area contributed by atoms with Gasteiger partial charge in [-0.2, -0.15) is 0 Å². The Hall–Kier alpha value is -3.29. The molecular weight excluding hydrogens is 410 g/mol. The molecule has 0 bridgehead atoms. The van der Waals surface area contributed by atoms with E-state index in [0.717, 1.165) is 45.1 Å². The van der Waals surface area contributed by atoms with Crippen LogP contribution in [0.15, 0.2) is 60.9 Å². The van der Waals surface area contributed by atoms with Crippen LogP contribution in [0.4, 0.5) is 0 Å². The van der Waals surface area contributed by atoms with Crippen molar-refractivity contribution in [2.24, 2.45) is 0 Å². The number of pyridine rings is 1. The van der Waals surface area contributed by atoms with Crippen molar-refractivity contribution < 1.29 is 14.6 Å². The van der Waals surface area contributed by atoms with E-state index in [2.05, 4.69) is 27.4 Å². The zero-order valence-corrected chi connectivity index (χ0v) is 18.0. The first kappa shape index (κ1) is 21.0. The molecule has 2 aromatic heterocycles. The minimum absolute atomic E-state index is 0.0491. The molecule has 1 amide bonds. The molecule has 31 heavy (non-hydrogen) atoms. The predicted molar refractivity (Wildman–Crippen MR) is 122 cm³/mol. The van der Waals surface area contributed by atoms with Gasteiger partial charge in [0.05, 0.1) is 23.4 Å². The number of hydrogen-bond acceptors (Lipinski definition) is 6. The minimum Gasteiger partial charge on any atom is -0.493 e. The Morgan fingerprint density at radius 2 is 2.06 bits per heavy atom. The van der Waals surface area contributed by atoms with Crippen LogP contribution in [0.5, 0.6) is 5.75 Å². The van der Waals surface area contributed by atoms with Crippen molar-refractivity contribution in [3.8, 4) is 16.3 Å². The van der Waals surface area contributed by atoms with Gasteiger partial charge in [0.15, 0.2) is 0 Å². The number of rotatable bonds is 3. The van der Waals surface area contributed by atoms with Crippen LogP contribution in [0.25, 0.3) is 20.8 Å². The van der Waals surface area contributed by atoms with Gasteiger partial charge in [0.2, 0.25) is 0 Å². The van der Waals surface area contributed by atoms with E-state index in [4.69, 9.17) is 4.74 Å². The number of para-hydroxylation sites is 1. The summed E-state index contributed by atoms with van der Waals surface area (Å²) in [6.45, 7) is 0.837. The predicted octanol–water partition coefficient (Wildman–Crippen LogP) is 4.22. The summed E-state index contributed by atoms with van der Waals surface area (Å²) >= 11 is 1.50. The molecule has 1 aliphatic heterocycles. The van der Waals surface area contributed by atoms with E-state index in [0.29, 0.717) is 5.56 Å². The topological polar surface area (TPSA) is 84.3 Å². The lowest BCUT2D eigenvalue weighted by Crippen LogP contribution is -2.17. The van der Waals surface area contributed by atoms with Crippen molar-refractivity contribution in [2.75, 3.05) is 13.7 Å². The summed E-state index contributed by atoms with van der Waals surface area (Å²) in [7, 11) is 1.61. The number of nitrogens with zero attached hydrogens (tertiary/aromatic N) is 2. The normalized spacial score (nSPS) is 12.3. The highest BCUT2D eigenvalue weighted by atomic mass is 32.1. The van der Waals surface area contributed by atoms with Crippen LogP contribution in [0.2, 0.25) is 0 Å². The highest BCUT2D eigenvalue weighted by Crippen LogP contribution is 2.30. The highest BCUT2D eigenvalue weighted by molar-refractivity contribution is 7.21. The molecule has 0 radical (unpaired) electrons. The van der Waals surface area contributed by atoms with Crippen molar-refractivity contribution in [1.29, 1.82) is 0 Å². The standard InChI is InChI=1S/C15H13N3O2S.C9H10O/c1-16-14(20)10-2-3-12-13(5-10)21-15(18-12)11-4-9(8-19)6-17-7-11;1-2-6-9-8(4-1)5-3-7-10-9/h2-7,19H,8H2,1H3,(H,16,20);1-2,4,6H,3,5,7H2. The van der Waals surface area contributed by atoms with E-state index in [1.807, 2.05) is 30.3 Å². The number of benzene rings is 2. The van der Waals surface area contributed by atoms with Gasteiger partial charge in [0.1, 0.15) is 10.8 Å². The summed E-state index contributed by atoms with van der Waals surface area (Å²) in [5, 5.41) is 12.6. The fourth-order valence-corrected chi connectivity index (χ4v) is 4.31. The molecular formula is C24H23N3O3S. The van der Waals surface area contributed by atoms with Gasteiger partial charge in [-0.25, -0.2) is 4.98 Å². The molecule has 0 atom stereocenters. The fourth-order valence-electron chi connectivity index (χ4n) is 3.32. The third kappa shape index (κ3) is 4.90. The summed E-state index contributed by atoms with van der Waals surface area (Å²) in [6, 6.07) is 15.5. The number of ether oxygens (including phenoxy) is 1. The van der Waals surface area contributed by atoms with E-state index in [9.17, 15) is 9.90 Å². The zero-order chi connectivity index (χ0) is 21.6. The molecule has 158 valence electrons. The highest BCUT2D eigenvalue weighted by Gasteiger charge is 2.10. The number of aromatic nitrogens is 2. The summed E-state index contributed by atoms with van der Waals surface area (Å²) in [4.78, 5) is 20.3. The Labute approximate surface area is 184 Å². The molecule has 2 aromatic carbocycles. The summed E-state index contributed by atoms with van der Waals surface area (Å²) < 4.78 is 6.37. The largest absolute Gasteiger partial charge is 0.493 e. The van der Waals surface area contributed by atoms with Gasteiger partial charge in [0.25, 0.3) is 5.91 Å². The maximum absolute atomic E-state index is 11.7. The van der Waals surface area contributed by atoms with Gasteiger partial charge in [-0.15, -0.1) is 11.3 Å². The number of carbonyl (C=O) groups is 1. The SMILES string of the molecule is CNC(=O)c1ccc2nc(-c3cncc(CO)c3)sc2c1.c1ccc2c(c1)CCCO2. The molecule has 0 aliphatic carbocycles. The quantitative estimate of drug-likeness (QED) is 0.505. The second-order valence-corrected chi connectivity index (χ2v) is 8.11. The Bertz CT molecular complexity index is 1180. The van der Waals surface area contributed by atoms with Crippen LogP contribution in [0.3, 0.4) is 0 Å². The number of aliphatic hydroxyl groups excluding tert-OH is 1. The first-order valence-corrected chi connectivity index (χ1v) is 10.9. The molecule has 6 nitrogen and oxygen atoms in total. The number of carbonyl (C=O) groups excluding carboxylic acids is 1. The van der Waals surface area contributed by atoms with Crippen LogP contribution < -0.4 is 10.1 Å². The van der Waals surface area contributed by atoms with Crippen LogP contribution >= 0.6 is 11.3 Å². The van der Waals surface area contributed by atoms with Crippen LogP contribution in [0.1, 0.15) is 27.9 Å². The molecule has 2 N–H and O–H groups in total. The van der Waals surface area contributed by atoms with Crippen LogP contribution in [0, 0.1) is 0 Å². The second-order valence-electron chi connectivity index (χ2n) is 7.08. The van der Waals surface area contributed by atoms with E-state index >= 15 is 0 Å². The first-order valence-electron chi connectivity index (χ1n) is 10.1. The van der Waals surface area contributed by atoms with E-state index in [-0.39, 0.29) is 12.5 Å². The van der Waals surface area contributed by atoms with Gasteiger partial charge in [-0.3, -0.25) is 9.78 Å². The van der Waals surface area contributed by atoms with Crippen molar-refractivity contribution in [1.82, 2.24) is 15.3 Å². The summed E-state index contributed by atoms with van der Waals surface area (Å²) in [5.41, 5.74) is 4.43. The number of aliphatic hydroxyl groups is 1. The Kier molecular flexibility index (Phi) is 6.54. The lowest BCUT2D eigenvalue weighted by Gasteiger charge is -2.15. The van der Waals surface area contributed by atoms with E-state index in [1.54, 1.807) is 25.5 Å². The molecule has 0 fully saturated rings. The molecule has 4 aromatic rings. The number of amides is 1. The molecule has 0 unspecified atom stereocenters. The summed E-state index contributed by atoms with van der Waals surface area (Å²) in [5.74, 6) is 0.963. The average molecular weight is 434 g/mol. The van der Waals surface area contributed by atoms with Gasteiger partial charge in [-0.05, 0) is 54.3 Å². The van der Waals surface area contributed by atoms with E-state index in [1.165, 1.54) is 23.3 Å². The first-order chi connectivity index (χ1) is 15.2. The number of nitrogens with one attached hydrogen (secondary N) is 1. The monoisotopic (exact) mass is 433 g/mol. The molecule has 5 rings (SSSR count). The Balaban J connectivity index is 0.000000192. The Morgan fingerprint density at radius 3 is 2.87 bits per heavy atom. The Morgan fingerprint density at radius 1 is 1.19 bits per heavy atom. The van der Waals surface area contributed by atoms with Crippen molar-refractivity contribution in [3.63, 3.8) is 0 Å². The van der Waals surface area contributed by atoms with Gasteiger partial charge >= 0.3 is 0 Å². The molecule has 0 saturated heterocycles. The maximum atomic E-state index is 11.7. The number of aryl methyl sites for hydroxylation is 1. The maximum Gasteiger partial charge on any atom is 0.251 e. The fraction of sp³-hybridized carbons (Fsp3) is 0.208. The molecule has 3 heterocycles. The molecule has 0 saturated carbocycles. The molecule has 7 heteroatoms. The van der Waals surface area contributed by atoms with E-state index < -0.39 is 0 Å². The molecule has 1 aliphatic rings. The third-order valence-electron chi connectivity index (χ3n) is 4.92. The van der Waals surface area contributed by atoms with Crippen molar-refractivity contribution in [3.05, 3.63) is 77.6 Å². The van der Waals surface area contributed by atoms with Crippen molar-refractivity contribution in [2.45, 2.75) is 19.4 Å². The van der Waals surface area contributed by atoms with Crippen molar-refractivity contribution >= 4 is 27.5 Å². The third-order valence-corrected chi connectivity index (χ3v) is 5.99. The molecule has 0 spiro atoms. The smallest absolute Gasteiger partial charge is 0.251 e. The number of hydrogen-bond donors (Lipinski definition) is 2. The lowest BCUT2D eigenvalue weighted by molar-refractivity contribution is 0.0963. The van der Waals surface area contributed by atoms with Gasteiger partial charge in [-0.1, -0.05) is 18.2 Å². The zero-order valence-electron chi connectivity index (χ0n) is 17.2. The number of thiazole rings is 1. The average Bonchev–Trinajstić information content (AvgIpc) is 3.27. The minimum atomic E-state index is -0.115. The second kappa shape index (κ2) is 9.68. The van der Waals surface area contributed by atoms with Crippen LogP contribution in [-0.4, -0.2) is 34.6 Å². The van der Waals surface area contributed by atoms with Gasteiger partial charge < -0.3 is 15.2 Å². The summed E-state index contributed by atoms with van der Waals surface area (Å²) in [6.07, 6.45) is 5.68. The van der Waals surface area contributed by atoms with Gasteiger partial charge in [0, 0.05) is 30.6 Å².